The number of hydrogen-bond donors (Lipinski definition) is 0. The lowest BCUT2D eigenvalue weighted by Gasteiger charge is -2.29. The van der Waals surface area contributed by atoms with E-state index in [0.29, 0.717) is 5.92 Å². The first-order valence-electron chi connectivity index (χ1n) is 10.2. The summed E-state index contributed by atoms with van der Waals surface area (Å²) in [6, 6.07) is 12.4. The van der Waals surface area contributed by atoms with Crippen LogP contribution in [-0.2, 0) is 16.0 Å². The number of fused-ring (bicyclic) bond motifs is 1. The van der Waals surface area contributed by atoms with Gasteiger partial charge in [-0.15, -0.1) is 11.3 Å². The lowest BCUT2D eigenvalue weighted by molar-refractivity contribution is -0.138. The lowest BCUT2D eigenvalue weighted by Crippen LogP contribution is -2.27. The molecule has 1 heterocycles. The molecule has 0 radical (unpaired) electrons. The third kappa shape index (κ3) is 4.93. The molecule has 0 aliphatic carbocycles. The summed E-state index contributed by atoms with van der Waals surface area (Å²) in [6.45, 7) is 14.1. The molecule has 2 aromatic carbocycles. The Morgan fingerprint density at radius 2 is 1.83 bits per heavy atom. The maximum atomic E-state index is 12.7. The quantitative estimate of drug-likeness (QED) is 0.444. The van der Waals surface area contributed by atoms with E-state index < -0.39 is 11.7 Å². The Kier molecular flexibility index (Phi) is 6.25. The highest BCUT2D eigenvalue weighted by atomic mass is 32.1. The number of ether oxygens (including phenoxy) is 1. The van der Waals surface area contributed by atoms with Crippen molar-refractivity contribution in [1.29, 1.82) is 0 Å². The molecular formula is C25H31NO2S. The smallest absolute Gasteiger partial charge is 0.163 e. The summed E-state index contributed by atoms with van der Waals surface area (Å²) in [7, 11) is 0. The van der Waals surface area contributed by atoms with Gasteiger partial charge in [0.05, 0.1) is 20.8 Å². The Bertz CT molecular complexity index is 1010. The van der Waals surface area contributed by atoms with Crippen LogP contribution in [0.15, 0.2) is 36.4 Å². The van der Waals surface area contributed by atoms with Gasteiger partial charge in [0.25, 0.3) is 0 Å². The second-order valence-corrected chi connectivity index (χ2v) is 10.2. The number of ketones is 1. The van der Waals surface area contributed by atoms with Gasteiger partial charge in [-0.25, -0.2) is 4.98 Å². The minimum Gasteiger partial charge on any atom is -0.360 e. The predicted molar refractivity (Wildman–Crippen MR) is 123 cm³/mol. The number of nitrogens with zero attached hydrogens (tertiary/aromatic N) is 1. The van der Waals surface area contributed by atoms with Crippen LogP contribution in [0.3, 0.4) is 0 Å². The largest absolute Gasteiger partial charge is 0.360 e. The van der Waals surface area contributed by atoms with Crippen LogP contribution in [0, 0.1) is 12.8 Å². The van der Waals surface area contributed by atoms with Crippen molar-refractivity contribution >= 4 is 27.3 Å². The second-order valence-electron chi connectivity index (χ2n) is 9.12. The highest BCUT2D eigenvalue weighted by molar-refractivity contribution is 7.19. The molecule has 4 heteroatoms. The molecule has 3 rings (SSSR count). The molecule has 3 aromatic rings. The molecule has 3 nitrogen and oxygen atoms in total. The van der Waals surface area contributed by atoms with E-state index in [1.165, 1.54) is 0 Å². The van der Waals surface area contributed by atoms with Crippen molar-refractivity contribution < 1.29 is 9.53 Å². The van der Waals surface area contributed by atoms with Gasteiger partial charge in [0, 0.05) is 17.5 Å². The van der Waals surface area contributed by atoms with Gasteiger partial charge in [0.1, 0.15) is 6.10 Å². The van der Waals surface area contributed by atoms with Gasteiger partial charge in [-0.3, -0.25) is 4.79 Å². The normalized spacial score (nSPS) is 13.2. The fraction of sp³-hybridized carbons (Fsp3) is 0.440. The summed E-state index contributed by atoms with van der Waals surface area (Å²) in [5.74, 6) is 0.567. The van der Waals surface area contributed by atoms with Crippen LogP contribution in [0.5, 0.6) is 0 Å². The van der Waals surface area contributed by atoms with Crippen molar-refractivity contribution in [3.05, 3.63) is 52.5 Å². The minimum absolute atomic E-state index is 0.0199. The molecule has 0 aliphatic rings. The van der Waals surface area contributed by atoms with E-state index in [1.807, 2.05) is 39.0 Å². The molecule has 29 heavy (non-hydrogen) atoms. The number of aryl methyl sites for hydroxylation is 1. The number of Topliss-reactive ketones (excluding diaryl/α,β-unsaturated/α-hetero) is 1. The average molecular weight is 410 g/mol. The van der Waals surface area contributed by atoms with Crippen LogP contribution in [0.2, 0.25) is 0 Å². The first-order chi connectivity index (χ1) is 13.6. The van der Waals surface area contributed by atoms with Crippen molar-refractivity contribution in [3.8, 4) is 11.1 Å². The lowest BCUT2D eigenvalue weighted by atomic mass is 9.90. The van der Waals surface area contributed by atoms with Gasteiger partial charge in [0.2, 0.25) is 0 Å². The number of carbonyl (C=O) groups excluding carboxylic acids is 1. The van der Waals surface area contributed by atoms with E-state index in [2.05, 4.69) is 39.0 Å². The first-order valence-corrected chi connectivity index (χ1v) is 11.0. The Morgan fingerprint density at radius 1 is 1.17 bits per heavy atom. The number of rotatable bonds is 6. The maximum Gasteiger partial charge on any atom is 0.163 e. The highest BCUT2D eigenvalue weighted by Gasteiger charge is 2.30. The summed E-state index contributed by atoms with van der Waals surface area (Å²) in [6.07, 6.45) is 0.349. The summed E-state index contributed by atoms with van der Waals surface area (Å²) in [5.41, 5.74) is 4.76. The van der Waals surface area contributed by atoms with E-state index in [9.17, 15) is 4.79 Å². The van der Waals surface area contributed by atoms with Gasteiger partial charge in [-0.05, 0) is 57.7 Å². The Balaban J connectivity index is 2.33. The van der Waals surface area contributed by atoms with Crippen LogP contribution >= 0.6 is 11.3 Å². The molecule has 1 atom stereocenters. The Hall–Kier alpha value is -2.04. The molecule has 0 spiro atoms. The maximum absolute atomic E-state index is 12.7. The number of carbonyl (C=O) groups is 1. The molecular weight excluding hydrogens is 378 g/mol. The Labute approximate surface area is 178 Å². The number of benzene rings is 2. The van der Waals surface area contributed by atoms with Gasteiger partial charge < -0.3 is 4.74 Å². The molecule has 0 N–H and O–H groups in total. The summed E-state index contributed by atoms with van der Waals surface area (Å²) in [4.78, 5) is 17.6. The van der Waals surface area contributed by atoms with Crippen molar-refractivity contribution in [3.63, 3.8) is 0 Å². The molecule has 0 unspecified atom stereocenters. The first kappa shape index (κ1) is 21.7. The summed E-state index contributed by atoms with van der Waals surface area (Å²) in [5, 5.41) is 1.14. The van der Waals surface area contributed by atoms with E-state index in [-0.39, 0.29) is 5.78 Å². The average Bonchev–Trinajstić information content (AvgIpc) is 2.99. The third-order valence-corrected chi connectivity index (χ3v) is 5.83. The van der Waals surface area contributed by atoms with Crippen molar-refractivity contribution in [2.75, 3.05) is 0 Å². The molecule has 0 bridgehead atoms. The molecule has 1 aromatic heterocycles. The molecule has 0 saturated carbocycles. The van der Waals surface area contributed by atoms with Gasteiger partial charge in [0.15, 0.2) is 5.78 Å². The van der Waals surface area contributed by atoms with Crippen LogP contribution in [0.25, 0.3) is 21.3 Å². The topological polar surface area (TPSA) is 39.2 Å². The van der Waals surface area contributed by atoms with E-state index in [0.717, 1.165) is 43.9 Å². The van der Waals surface area contributed by atoms with Gasteiger partial charge in [-0.1, -0.05) is 44.2 Å². The van der Waals surface area contributed by atoms with E-state index >= 15 is 0 Å². The van der Waals surface area contributed by atoms with Crippen molar-refractivity contribution in [2.45, 2.75) is 66.6 Å². The number of hydrogen-bond acceptors (Lipinski definition) is 4. The molecule has 0 amide bonds. The van der Waals surface area contributed by atoms with Gasteiger partial charge in [-0.2, -0.15) is 0 Å². The number of thiazole rings is 1. The van der Waals surface area contributed by atoms with E-state index in [4.69, 9.17) is 9.72 Å². The predicted octanol–water partition coefficient (Wildman–Crippen LogP) is 6.92. The fourth-order valence-electron chi connectivity index (χ4n) is 3.62. The molecule has 0 saturated heterocycles. The zero-order valence-electron chi connectivity index (χ0n) is 18.5. The SMILES string of the molecule is CC(=O)[C@@H](OC(C)(C)C)c1c(C)cc2nc(CC(C)C)sc2c1-c1ccccc1. The van der Waals surface area contributed by atoms with E-state index in [1.54, 1.807) is 18.3 Å². The minimum atomic E-state index is -0.606. The zero-order valence-corrected chi connectivity index (χ0v) is 19.3. The van der Waals surface area contributed by atoms with Gasteiger partial charge >= 0.3 is 0 Å². The van der Waals surface area contributed by atoms with Crippen LogP contribution in [-0.4, -0.2) is 16.4 Å². The number of aromatic nitrogens is 1. The standard InChI is InChI=1S/C25H31NO2S/c1-15(2)13-20-26-19-14-16(3)21(23(17(4)27)28-25(5,6)7)22(24(19)29-20)18-11-9-8-10-12-18/h8-12,14-15,23H,13H2,1-7H3/t23-/m1/s1. The monoisotopic (exact) mass is 409 g/mol. The highest BCUT2D eigenvalue weighted by Crippen LogP contribution is 2.42. The molecule has 154 valence electrons. The summed E-state index contributed by atoms with van der Waals surface area (Å²) < 4.78 is 7.42. The van der Waals surface area contributed by atoms with Crippen molar-refractivity contribution in [2.24, 2.45) is 5.92 Å². The van der Waals surface area contributed by atoms with Crippen LogP contribution in [0.1, 0.15) is 63.8 Å². The fourth-order valence-corrected chi connectivity index (χ4v) is 4.96. The van der Waals surface area contributed by atoms with Crippen molar-refractivity contribution in [1.82, 2.24) is 4.98 Å². The Morgan fingerprint density at radius 3 is 2.38 bits per heavy atom. The zero-order chi connectivity index (χ0) is 21.3. The molecule has 0 aliphatic heterocycles. The molecule has 0 fully saturated rings. The van der Waals surface area contributed by atoms with Crippen LogP contribution in [0.4, 0.5) is 0 Å². The second kappa shape index (κ2) is 8.37. The van der Waals surface area contributed by atoms with Crippen LogP contribution < -0.4 is 0 Å². The third-order valence-electron chi connectivity index (χ3n) is 4.72. The summed E-state index contributed by atoms with van der Waals surface area (Å²) >= 11 is 1.74.